The third-order valence-corrected chi connectivity index (χ3v) is 9.46. The van der Waals surface area contributed by atoms with Crippen LogP contribution in [0.4, 0.5) is 34.1 Å². The normalized spacial score (nSPS) is 11.7. The summed E-state index contributed by atoms with van der Waals surface area (Å²) in [4.78, 5) is 21.0. The van der Waals surface area contributed by atoms with Crippen molar-refractivity contribution >= 4 is 125 Å². The van der Waals surface area contributed by atoms with Gasteiger partial charge in [0.05, 0.1) is 19.6 Å². The van der Waals surface area contributed by atoms with Crippen molar-refractivity contribution in [3.63, 3.8) is 0 Å². The van der Waals surface area contributed by atoms with Gasteiger partial charge in [-0.25, -0.2) is 27.3 Å². The maximum atomic E-state index is 11.4. The molecule has 0 unspecified atom stereocenters. The third kappa shape index (κ3) is 9.75. The second-order valence-corrected chi connectivity index (χ2v) is 14.1. The second-order valence-electron chi connectivity index (χ2n) is 11.4. The van der Waals surface area contributed by atoms with Crippen LogP contribution in [0.5, 0.6) is 11.5 Å². The minimum absolute atomic E-state index is 0. The van der Waals surface area contributed by atoms with Gasteiger partial charge in [-0.2, -0.15) is 0 Å². The summed E-state index contributed by atoms with van der Waals surface area (Å²) in [5.41, 5.74) is 1.00. The topological polar surface area (TPSA) is 285 Å². The van der Waals surface area contributed by atoms with Crippen LogP contribution in [-0.4, -0.2) is 105 Å². The molecular weight excluding hydrogens is 886 g/mol. The Balaban J connectivity index is 0.000000240. The molecule has 0 heterocycles. The molecule has 0 aliphatic heterocycles. The van der Waals surface area contributed by atoms with E-state index in [1.807, 2.05) is 0 Å². The molecule has 18 nitrogen and oxygen atoms in total. The summed E-state index contributed by atoms with van der Waals surface area (Å²) >= 11 is 0. The van der Waals surface area contributed by atoms with Crippen molar-refractivity contribution in [3.05, 3.63) is 118 Å². The van der Waals surface area contributed by atoms with Crippen molar-refractivity contribution < 1.29 is 56.4 Å². The first-order valence-corrected chi connectivity index (χ1v) is 18.0. The second kappa shape index (κ2) is 17.1. The van der Waals surface area contributed by atoms with Crippen LogP contribution in [0.3, 0.4) is 0 Å². The van der Waals surface area contributed by atoms with Gasteiger partial charge >= 0.3 is 60.3 Å². The van der Waals surface area contributed by atoms with E-state index in [0.717, 1.165) is 12.1 Å². The number of fused-ring (bicyclic) bond motifs is 2. The molecule has 4 N–H and O–H groups in total. The van der Waals surface area contributed by atoms with Crippen LogP contribution in [0.2, 0.25) is 0 Å². The summed E-state index contributed by atoms with van der Waals surface area (Å²) < 4.78 is 68.6. The zero-order valence-electron chi connectivity index (χ0n) is 28.5. The predicted octanol–water partition coefficient (Wildman–Crippen LogP) is 7.57. The molecule has 21 heteroatoms. The van der Waals surface area contributed by atoms with Gasteiger partial charge in [-0.05, 0) is 73.5 Å². The van der Waals surface area contributed by atoms with Gasteiger partial charge in [-0.3, -0.25) is 0 Å². The van der Waals surface area contributed by atoms with Crippen LogP contribution >= 0.6 is 0 Å². The Bertz CT molecular complexity index is 2610. The van der Waals surface area contributed by atoms with E-state index in [1.54, 1.807) is 26.0 Å². The smallest absolute Gasteiger partial charge is 0.744 e. The molecule has 6 aromatic carbocycles. The van der Waals surface area contributed by atoms with E-state index in [-0.39, 0.29) is 126 Å². The quantitative estimate of drug-likeness (QED) is 0.0498. The van der Waals surface area contributed by atoms with Crippen LogP contribution < -0.4 is 0 Å². The Morgan fingerprint density at radius 3 is 1.22 bits per heavy atom. The predicted molar refractivity (Wildman–Crippen MR) is 194 cm³/mol. The van der Waals surface area contributed by atoms with E-state index in [2.05, 4.69) is 20.5 Å². The first kappa shape index (κ1) is 42.6. The van der Waals surface area contributed by atoms with E-state index >= 15 is 0 Å². The standard InChI is InChI=1S/2C17H13N3O6S.Ba/c2*1-10-5-7-13(14(9-10)20(22)23)18-19-17-12-3-2-4-16(27(24,25)26)11(12)6-8-15(17)21;/h2*2-9H,1H3,(H2-,18,21,22,23,24,25,26);/q;;+2. The fraction of sp³-hybridized carbons (Fsp3) is 0.0588. The molecule has 0 aliphatic rings. The van der Waals surface area contributed by atoms with Gasteiger partial charge in [0.25, 0.3) is 9.85 Å². The largest absolute Gasteiger partial charge is 2.00 e. The van der Waals surface area contributed by atoms with Crippen LogP contribution in [0.1, 0.15) is 11.1 Å². The Labute approximate surface area is 351 Å². The van der Waals surface area contributed by atoms with E-state index in [9.17, 15) is 56.4 Å². The Hall–Kier alpha value is -5.17. The average Bonchev–Trinajstić information content (AvgIpc) is 3.10. The molecule has 0 fully saturated rings. The maximum absolute atomic E-state index is 11.4. The van der Waals surface area contributed by atoms with E-state index in [0.29, 0.717) is 11.1 Å². The number of hydrogen-bond donors (Lipinski definition) is 4. The van der Waals surface area contributed by atoms with Gasteiger partial charge in [0.2, 0.25) is 0 Å². The van der Waals surface area contributed by atoms with Gasteiger partial charge in [0.15, 0.2) is 11.4 Å². The van der Waals surface area contributed by atoms with Crippen LogP contribution in [0.25, 0.3) is 21.5 Å². The van der Waals surface area contributed by atoms with E-state index in [4.69, 9.17) is 0 Å². The Morgan fingerprint density at radius 1 is 0.527 bits per heavy atom. The first-order chi connectivity index (χ1) is 25.4. The van der Waals surface area contributed by atoms with Gasteiger partial charge in [-0.1, -0.05) is 36.4 Å². The summed E-state index contributed by atoms with van der Waals surface area (Å²) in [5.74, 6) is -0.605. The zero-order chi connectivity index (χ0) is 39.5. The number of phenols is 2. The first-order valence-electron chi connectivity index (χ1n) is 15.1. The molecule has 0 radical (unpaired) electrons. The maximum Gasteiger partial charge on any atom is 2.00 e. The van der Waals surface area contributed by atoms with Crippen LogP contribution in [0, 0.1) is 23.7 Å². The van der Waals surface area contributed by atoms with Crippen molar-refractivity contribution in [1.82, 2.24) is 0 Å². The monoisotopic (exact) mass is 912 g/mol. The fourth-order valence-electron chi connectivity index (χ4n) is 5.20. The van der Waals surface area contributed by atoms with Crippen LogP contribution in [-0.2, 0) is 20.2 Å². The third-order valence-electron chi connectivity index (χ3n) is 7.67. The molecule has 6 aromatic rings. The number of azo groups is 2. The molecule has 0 atom stereocenters. The zero-order valence-corrected chi connectivity index (χ0v) is 34.6. The van der Waals surface area contributed by atoms with Crippen molar-refractivity contribution in [1.29, 1.82) is 0 Å². The average molecular weight is 912 g/mol. The van der Waals surface area contributed by atoms with Crippen molar-refractivity contribution in [2.75, 3.05) is 0 Å². The molecule has 0 bridgehead atoms. The molecule has 0 aromatic heterocycles. The molecule has 0 amide bonds. The van der Waals surface area contributed by atoms with Gasteiger partial charge in [-0.15, -0.1) is 20.5 Å². The molecular formula is C34H26BaN6O12S2+2. The molecule has 0 saturated carbocycles. The number of aromatic hydroxyl groups is 2. The summed E-state index contributed by atoms with van der Waals surface area (Å²) in [5, 5.41) is 54.7. The van der Waals surface area contributed by atoms with Gasteiger partial charge < -0.3 is 19.3 Å². The molecule has 55 heavy (non-hydrogen) atoms. The SMILES string of the molecule is Cc1ccc(N=Nc2c(O)ccc3c(S(=O)(=O)[O-])cccc23)c([N+](=O)O)c1.Cc1ccc(N=Nc2c(O)ccc3c(S(=O)(=O)[O-])cccc23)c([N+](=O)O)c1.[Ba+2]. The number of rotatable bonds is 8. The van der Waals surface area contributed by atoms with Crippen molar-refractivity contribution in [3.8, 4) is 11.5 Å². The number of nitrogens with zero attached hydrogens (tertiary/aromatic N) is 6. The number of phenolic OH excluding ortho intramolecular Hbond substituents is 2. The number of hydrogen-bond acceptors (Lipinski definition) is 14. The summed E-state index contributed by atoms with van der Waals surface area (Å²) in [7, 11) is -9.47. The summed E-state index contributed by atoms with van der Waals surface area (Å²) in [6, 6.07) is 21.9. The number of benzene rings is 6. The molecule has 0 aliphatic carbocycles. The minimum Gasteiger partial charge on any atom is -0.744 e. The van der Waals surface area contributed by atoms with Crippen molar-refractivity contribution in [2.45, 2.75) is 23.6 Å². The van der Waals surface area contributed by atoms with Crippen molar-refractivity contribution in [2.24, 2.45) is 20.5 Å². The Morgan fingerprint density at radius 2 is 0.891 bits per heavy atom. The molecule has 0 spiro atoms. The summed E-state index contributed by atoms with van der Waals surface area (Å²) in [6.07, 6.45) is 0. The fourth-order valence-corrected chi connectivity index (χ4v) is 6.58. The molecule has 6 rings (SSSR count). The molecule has 276 valence electrons. The Kier molecular flexibility index (Phi) is 13.2. The minimum atomic E-state index is -4.73. The van der Waals surface area contributed by atoms with Gasteiger partial charge in [0.1, 0.15) is 43.1 Å². The molecule has 0 saturated heterocycles. The number of aryl methyl sites for hydroxylation is 2. The van der Waals surface area contributed by atoms with Crippen LogP contribution in [0.15, 0.2) is 127 Å². The summed E-state index contributed by atoms with van der Waals surface area (Å²) in [6.45, 7) is 3.44. The van der Waals surface area contributed by atoms with Gasteiger partial charge in [0, 0.05) is 33.7 Å². The van der Waals surface area contributed by atoms with E-state index in [1.165, 1.54) is 72.8 Å². The van der Waals surface area contributed by atoms with E-state index < -0.39 is 30.0 Å².